The Morgan fingerprint density at radius 3 is 2.50 bits per heavy atom. The van der Waals surface area contributed by atoms with Gasteiger partial charge in [-0.3, -0.25) is 9.59 Å². The summed E-state index contributed by atoms with van der Waals surface area (Å²) in [5.41, 5.74) is 5.41. The first-order valence-corrected chi connectivity index (χ1v) is 8.95. The van der Waals surface area contributed by atoms with Crippen LogP contribution in [-0.2, 0) is 21.4 Å². The lowest BCUT2D eigenvalue weighted by Gasteiger charge is -2.43. The minimum absolute atomic E-state index is 0.0261. The van der Waals surface area contributed by atoms with Gasteiger partial charge in [0.1, 0.15) is 0 Å². The van der Waals surface area contributed by atoms with Gasteiger partial charge in [-0.05, 0) is 53.5 Å². The summed E-state index contributed by atoms with van der Waals surface area (Å²) in [6.45, 7) is 6.69. The van der Waals surface area contributed by atoms with Crippen molar-refractivity contribution >= 4 is 11.6 Å². The third kappa shape index (κ3) is 2.23. The average Bonchev–Trinajstić information content (AvgIpc) is 2.55. The van der Waals surface area contributed by atoms with Crippen molar-refractivity contribution in [2.45, 2.75) is 51.4 Å². The maximum Gasteiger partial charge on any atom is 0.160 e. The van der Waals surface area contributed by atoms with Crippen molar-refractivity contribution in [3.05, 3.63) is 58.7 Å². The van der Waals surface area contributed by atoms with E-state index in [1.165, 1.54) is 34.4 Å². The highest BCUT2D eigenvalue weighted by Crippen LogP contribution is 2.51. The van der Waals surface area contributed by atoms with Crippen molar-refractivity contribution in [2.75, 3.05) is 0 Å². The molecule has 0 aliphatic heterocycles. The van der Waals surface area contributed by atoms with Crippen LogP contribution in [0.3, 0.4) is 0 Å². The van der Waals surface area contributed by atoms with E-state index in [1.54, 1.807) is 0 Å². The van der Waals surface area contributed by atoms with Gasteiger partial charge in [-0.1, -0.05) is 50.6 Å². The van der Waals surface area contributed by atoms with Gasteiger partial charge in [0.25, 0.3) is 0 Å². The Kier molecular flexibility index (Phi) is 3.42. The second-order valence-electron chi connectivity index (χ2n) is 8.39. The molecule has 3 unspecified atom stereocenters. The Morgan fingerprint density at radius 2 is 1.75 bits per heavy atom. The van der Waals surface area contributed by atoms with E-state index in [4.69, 9.17) is 0 Å². The molecule has 3 aliphatic carbocycles. The Balaban J connectivity index is 1.94. The Labute approximate surface area is 143 Å². The second-order valence-corrected chi connectivity index (χ2v) is 8.39. The van der Waals surface area contributed by atoms with Crippen molar-refractivity contribution in [3.63, 3.8) is 0 Å². The molecule has 3 atom stereocenters. The predicted octanol–water partition coefficient (Wildman–Crippen LogP) is 4.28. The summed E-state index contributed by atoms with van der Waals surface area (Å²) < 4.78 is 0. The van der Waals surface area contributed by atoms with Crippen LogP contribution in [0.4, 0.5) is 0 Å². The van der Waals surface area contributed by atoms with Gasteiger partial charge in [0, 0.05) is 17.8 Å². The molecule has 2 heteroatoms. The highest BCUT2D eigenvalue weighted by Gasteiger charge is 2.46. The zero-order valence-electron chi connectivity index (χ0n) is 14.6. The zero-order valence-corrected chi connectivity index (χ0v) is 14.6. The minimum atomic E-state index is -0.204. The van der Waals surface area contributed by atoms with Gasteiger partial charge in [0.05, 0.1) is 0 Å². The van der Waals surface area contributed by atoms with E-state index in [0.29, 0.717) is 0 Å². The molecule has 0 fully saturated rings. The van der Waals surface area contributed by atoms with Crippen LogP contribution in [0.1, 0.15) is 56.2 Å². The van der Waals surface area contributed by atoms with Crippen LogP contribution >= 0.6 is 0 Å². The number of aryl methyl sites for hydroxylation is 1. The Bertz CT molecular complexity index is 789. The molecule has 0 bridgehead atoms. The van der Waals surface area contributed by atoms with Gasteiger partial charge in [0.15, 0.2) is 11.6 Å². The molecule has 0 heterocycles. The minimum Gasteiger partial charge on any atom is -0.295 e. The summed E-state index contributed by atoms with van der Waals surface area (Å²) >= 11 is 0. The number of hydrogen-bond acceptors (Lipinski definition) is 2. The molecule has 0 saturated carbocycles. The van der Waals surface area contributed by atoms with E-state index in [2.05, 4.69) is 45.0 Å². The SMILES string of the molecule is CC(C)(C)c1cccc2c1C1C(=CCC3C(=O)C=CC(=O)C31)CC2. The first kappa shape index (κ1) is 15.6. The number of ketones is 2. The molecule has 0 amide bonds. The van der Waals surface area contributed by atoms with Crippen LogP contribution in [-0.4, -0.2) is 11.6 Å². The van der Waals surface area contributed by atoms with Gasteiger partial charge in [0.2, 0.25) is 0 Å². The highest BCUT2D eigenvalue weighted by atomic mass is 16.1. The molecular weight excluding hydrogens is 296 g/mol. The third-order valence-electron chi connectivity index (χ3n) is 5.93. The molecule has 1 aromatic rings. The number of allylic oxidation sites excluding steroid dienone is 4. The summed E-state index contributed by atoms with van der Waals surface area (Å²) in [6.07, 6.45) is 8.02. The average molecular weight is 320 g/mol. The van der Waals surface area contributed by atoms with Gasteiger partial charge in [-0.25, -0.2) is 0 Å². The molecule has 1 aromatic carbocycles. The largest absolute Gasteiger partial charge is 0.295 e. The van der Waals surface area contributed by atoms with Crippen LogP contribution in [0.5, 0.6) is 0 Å². The van der Waals surface area contributed by atoms with E-state index in [1.807, 2.05) is 0 Å². The number of fused-ring (bicyclic) bond motifs is 5. The molecule has 0 radical (unpaired) electrons. The summed E-state index contributed by atoms with van der Waals surface area (Å²) in [7, 11) is 0. The third-order valence-corrected chi connectivity index (χ3v) is 5.93. The normalized spacial score (nSPS) is 28.8. The molecule has 3 aliphatic rings. The number of hydrogen-bond donors (Lipinski definition) is 0. The van der Waals surface area contributed by atoms with Crippen LogP contribution in [0.25, 0.3) is 0 Å². The lowest BCUT2D eigenvalue weighted by atomic mass is 9.59. The fourth-order valence-electron chi connectivity index (χ4n) is 4.82. The van der Waals surface area contributed by atoms with Gasteiger partial charge >= 0.3 is 0 Å². The summed E-state index contributed by atoms with van der Waals surface area (Å²) in [6, 6.07) is 6.55. The molecule has 2 nitrogen and oxygen atoms in total. The lowest BCUT2D eigenvalue weighted by Crippen LogP contribution is -2.41. The first-order chi connectivity index (χ1) is 11.4. The van der Waals surface area contributed by atoms with Crippen LogP contribution in [0.15, 0.2) is 42.0 Å². The molecule has 124 valence electrons. The number of benzene rings is 1. The topological polar surface area (TPSA) is 34.1 Å². The molecule has 24 heavy (non-hydrogen) atoms. The summed E-state index contributed by atoms with van der Waals surface area (Å²) in [4.78, 5) is 25.1. The van der Waals surface area contributed by atoms with Crippen molar-refractivity contribution in [1.29, 1.82) is 0 Å². The van der Waals surface area contributed by atoms with E-state index < -0.39 is 0 Å². The molecule has 4 rings (SSSR count). The van der Waals surface area contributed by atoms with E-state index in [0.717, 1.165) is 19.3 Å². The van der Waals surface area contributed by atoms with Crippen LogP contribution in [0, 0.1) is 11.8 Å². The summed E-state index contributed by atoms with van der Waals surface area (Å²) in [5.74, 6) is -0.0355. The van der Waals surface area contributed by atoms with E-state index in [9.17, 15) is 9.59 Å². The molecule has 0 saturated heterocycles. The summed E-state index contributed by atoms with van der Waals surface area (Å²) in [5, 5.41) is 0. The monoisotopic (exact) mass is 320 g/mol. The van der Waals surface area contributed by atoms with E-state index >= 15 is 0 Å². The second kappa shape index (κ2) is 5.27. The lowest BCUT2D eigenvalue weighted by molar-refractivity contribution is -0.129. The van der Waals surface area contributed by atoms with Crippen LogP contribution < -0.4 is 0 Å². The maximum absolute atomic E-state index is 12.7. The van der Waals surface area contributed by atoms with Crippen molar-refractivity contribution in [1.82, 2.24) is 0 Å². The predicted molar refractivity (Wildman–Crippen MR) is 95.0 cm³/mol. The fraction of sp³-hybridized carbons (Fsp3) is 0.455. The van der Waals surface area contributed by atoms with Gasteiger partial charge < -0.3 is 0 Å². The molecule has 0 aromatic heterocycles. The number of rotatable bonds is 0. The maximum atomic E-state index is 12.7. The molecule has 0 spiro atoms. The quantitative estimate of drug-likeness (QED) is 0.669. The first-order valence-electron chi connectivity index (χ1n) is 8.95. The van der Waals surface area contributed by atoms with E-state index in [-0.39, 0.29) is 34.7 Å². The van der Waals surface area contributed by atoms with Crippen molar-refractivity contribution in [2.24, 2.45) is 11.8 Å². The molecular formula is C22H24O2. The van der Waals surface area contributed by atoms with Gasteiger partial charge in [-0.2, -0.15) is 0 Å². The van der Waals surface area contributed by atoms with Crippen LogP contribution in [0.2, 0.25) is 0 Å². The number of carbonyl (C=O) groups excluding carboxylic acids is 2. The fourth-order valence-corrected chi connectivity index (χ4v) is 4.82. The Hall–Kier alpha value is -1.96. The van der Waals surface area contributed by atoms with Crippen molar-refractivity contribution < 1.29 is 9.59 Å². The Morgan fingerprint density at radius 1 is 1.00 bits per heavy atom. The standard InChI is InChI=1S/C22H24O2/c1-22(2,3)16-6-4-5-13-7-8-14-9-10-15-17(23)11-12-18(24)21(15)20(14)19(13)16/h4-6,9,11-12,15,20-21H,7-8,10H2,1-3H3. The smallest absolute Gasteiger partial charge is 0.160 e. The van der Waals surface area contributed by atoms with Crippen molar-refractivity contribution in [3.8, 4) is 0 Å². The zero-order chi connectivity index (χ0) is 17.1. The van der Waals surface area contributed by atoms with Gasteiger partial charge in [-0.15, -0.1) is 0 Å². The molecule has 0 N–H and O–H groups in total. The highest BCUT2D eigenvalue weighted by molar-refractivity contribution is 6.08. The number of carbonyl (C=O) groups is 2.